The molecule has 0 radical (unpaired) electrons. The Morgan fingerprint density at radius 3 is 1.21 bits per heavy atom. The Hall–Kier alpha value is 3.10. The lowest BCUT2D eigenvalue weighted by molar-refractivity contribution is 0.223. The average molecular weight is 677 g/mol. The lowest BCUT2D eigenvalue weighted by Gasteiger charge is -2.33. The predicted octanol–water partition coefficient (Wildman–Crippen LogP) is 4.52. The molecule has 0 aliphatic heterocycles. The Kier molecular flexibility index (Phi) is 27.4. The number of rotatable bonds is 25. The molecule has 0 aliphatic rings. The summed E-state index contributed by atoms with van der Waals surface area (Å²) in [7, 11) is 0. The summed E-state index contributed by atoms with van der Waals surface area (Å²) in [5.41, 5.74) is 0. The van der Waals surface area contributed by atoms with Crippen molar-refractivity contribution in [3.05, 3.63) is 0 Å². The van der Waals surface area contributed by atoms with Crippen LogP contribution in [0.2, 0.25) is 0 Å². The lowest BCUT2D eigenvalue weighted by atomic mass is 10.2. The SMILES string of the molecule is OC(CCl)CSCCSCC(CSCC(O)CCl)(CSCC(O)CCl)SCCSCC(O)CCl. The first-order valence-electron chi connectivity index (χ1n) is 10.8. The molecule has 0 heterocycles. The summed E-state index contributed by atoms with van der Waals surface area (Å²) in [6.07, 6.45) is -1.99. The highest BCUT2D eigenvalue weighted by Gasteiger charge is 2.31. The summed E-state index contributed by atoms with van der Waals surface area (Å²) < 4.78 is -0.0377. The Labute approximate surface area is 251 Å². The Morgan fingerprint density at radius 1 is 0.471 bits per heavy atom. The summed E-state index contributed by atoms with van der Waals surface area (Å²) >= 11 is 33.6. The maximum Gasteiger partial charge on any atom is 0.0765 e. The molecule has 4 nitrogen and oxygen atoms in total. The molecule has 4 unspecified atom stereocenters. The van der Waals surface area contributed by atoms with E-state index in [2.05, 4.69) is 0 Å². The van der Waals surface area contributed by atoms with Crippen molar-refractivity contribution in [2.45, 2.75) is 29.2 Å². The van der Waals surface area contributed by atoms with Gasteiger partial charge in [-0.3, -0.25) is 0 Å². The maximum absolute atomic E-state index is 9.91. The van der Waals surface area contributed by atoms with Crippen molar-refractivity contribution in [2.24, 2.45) is 0 Å². The standard InChI is InChI=1S/C20H38Cl4O4S6/c21-5-16(25)9-29-1-2-31-13-20(14-32-11-18(27)7-23,15-33-12-19(28)8-24)34-4-3-30-10-17(26)6-22/h16-19,25-28H,1-15H2. The molecule has 4 N–H and O–H groups in total. The van der Waals surface area contributed by atoms with Crippen molar-refractivity contribution in [3.8, 4) is 0 Å². The van der Waals surface area contributed by atoms with Gasteiger partial charge in [0.25, 0.3) is 0 Å². The van der Waals surface area contributed by atoms with Crippen molar-refractivity contribution in [1.82, 2.24) is 0 Å². The molecule has 0 aromatic rings. The zero-order valence-electron chi connectivity index (χ0n) is 19.2. The van der Waals surface area contributed by atoms with Crippen molar-refractivity contribution < 1.29 is 20.4 Å². The van der Waals surface area contributed by atoms with Gasteiger partial charge in [0.05, 0.1) is 24.4 Å². The van der Waals surface area contributed by atoms with Gasteiger partial charge < -0.3 is 20.4 Å². The van der Waals surface area contributed by atoms with Gasteiger partial charge in [-0.25, -0.2) is 0 Å². The number of thioether (sulfide) groups is 6. The van der Waals surface area contributed by atoms with Gasteiger partial charge in [0.2, 0.25) is 0 Å². The zero-order chi connectivity index (χ0) is 25.7. The molecule has 0 bridgehead atoms. The Morgan fingerprint density at radius 2 is 0.794 bits per heavy atom. The van der Waals surface area contributed by atoms with Crippen LogP contribution >= 0.6 is 117 Å². The molecule has 0 fully saturated rings. The van der Waals surface area contributed by atoms with Gasteiger partial charge in [-0.1, -0.05) is 0 Å². The van der Waals surface area contributed by atoms with E-state index in [4.69, 9.17) is 46.4 Å². The van der Waals surface area contributed by atoms with Crippen molar-refractivity contribution in [2.75, 3.05) is 86.8 Å². The molecule has 0 aromatic heterocycles. The quantitative estimate of drug-likeness (QED) is 0.0819. The number of aliphatic hydroxyl groups is 4. The monoisotopic (exact) mass is 674 g/mol. The third kappa shape index (κ3) is 21.0. The molecule has 0 saturated heterocycles. The van der Waals surface area contributed by atoms with Crippen LogP contribution < -0.4 is 0 Å². The number of alkyl halides is 4. The van der Waals surface area contributed by atoms with Gasteiger partial charge in [0, 0.05) is 91.5 Å². The van der Waals surface area contributed by atoms with Crippen LogP contribution in [0.25, 0.3) is 0 Å². The minimum atomic E-state index is -0.523. The summed E-state index contributed by atoms with van der Waals surface area (Å²) in [6, 6.07) is 0. The van der Waals surface area contributed by atoms with E-state index in [1.165, 1.54) is 0 Å². The number of aliphatic hydroxyl groups excluding tert-OH is 4. The zero-order valence-corrected chi connectivity index (χ0v) is 27.1. The molecule has 14 heteroatoms. The molecule has 206 valence electrons. The van der Waals surface area contributed by atoms with Crippen LogP contribution in [-0.2, 0) is 0 Å². The van der Waals surface area contributed by atoms with E-state index < -0.39 is 24.4 Å². The first-order valence-corrected chi connectivity index (χ1v) is 19.7. The summed E-state index contributed by atoms with van der Waals surface area (Å²) in [5, 5.41) is 39.1. The largest absolute Gasteiger partial charge is 0.391 e. The third-order valence-electron chi connectivity index (χ3n) is 4.06. The normalized spacial score (nSPS) is 17.3. The van der Waals surface area contributed by atoms with Gasteiger partial charge >= 0.3 is 0 Å². The van der Waals surface area contributed by atoms with Crippen molar-refractivity contribution >= 4 is 117 Å². The average Bonchev–Trinajstić information content (AvgIpc) is 2.84. The molecular weight excluding hydrogens is 638 g/mol. The molecule has 0 amide bonds. The number of hydrogen-bond acceptors (Lipinski definition) is 10. The molecule has 34 heavy (non-hydrogen) atoms. The number of halogens is 4. The van der Waals surface area contributed by atoms with Crippen LogP contribution in [0.15, 0.2) is 0 Å². The molecule has 0 aromatic carbocycles. The molecule has 4 atom stereocenters. The first-order chi connectivity index (χ1) is 16.3. The van der Waals surface area contributed by atoms with Crippen molar-refractivity contribution in [1.29, 1.82) is 0 Å². The van der Waals surface area contributed by atoms with Gasteiger partial charge in [0.15, 0.2) is 0 Å². The Balaban J connectivity index is 4.94. The molecule has 0 rings (SSSR count). The van der Waals surface area contributed by atoms with Gasteiger partial charge in [0.1, 0.15) is 0 Å². The lowest BCUT2D eigenvalue weighted by Crippen LogP contribution is -2.36. The van der Waals surface area contributed by atoms with Crippen LogP contribution in [0.3, 0.4) is 0 Å². The molecule has 0 saturated carbocycles. The van der Waals surface area contributed by atoms with Crippen LogP contribution in [0.1, 0.15) is 0 Å². The Bertz CT molecular complexity index is 449. The van der Waals surface area contributed by atoms with Crippen LogP contribution in [0.4, 0.5) is 0 Å². The molecule has 0 aliphatic carbocycles. The fourth-order valence-corrected chi connectivity index (χ4v) is 11.6. The highest BCUT2D eigenvalue weighted by Crippen LogP contribution is 2.37. The highest BCUT2D eigenvalue weighted by atomic mass is 35.5. The summed E-state index contributed by atoms with van der Waals surface area (Å²) in [6.45, 7) is 0. The second kappa shape index (κ2) is 25.1. The predicted molar refractivity (Wildman–Crippen MR) is 169 cm³/mol. The minimum Gasteiger partial charge on any atom is -0.391 e. The third-order valence-corrected chi connectivity index (χ3v) is 14.2. The smallest absolute Gasteiger partial charge is 0.0765 e. The van der Waals surface area contributed by atoms with E-state index in [0.717, 1.165) is 40.3 Å². The second-order valence-electron chi connectivity index (χ2n) is 7.50. The molecule has 0 spiro atoms. The van der Waals surface area contributed by atoms with E-state index >= 15 is 0 Å². The van der Waals surface area contributed by atoms with E-state index in [1.807, 2.05) is 23.5 Å². The summed E-state index contributed by atoms with van der Waals surface area (Å²) in [4.78, 5) is 0. The van der Waals surface area contributed by atoms with Gasteiger partial charge in [-0.05, 0) is 0 Å². The van der Waals surface area contributed by atoms with Gasteiger partial charge in [-0.15, -0.1) is 46.4 Å². The van der Waals surface area contributed by atoms with Crippen LogP contribution in [0.5, 0.6) is 0 Å². The van der Waals surface area contributed by atoms with E-state index in [0.29, 0.717) is 23.0 Å². The minimum absolute atomic E-state index is 0.0377. The number of hydrogen-bond donors (Lipinski definition) is 4. The topological polar surface area (TPSA) is 80.9 Å². The van der Waals surface area contributed by atoms with Crippen LogP contribution in [-0.4, -0.2) is 136 Å². The second-order valence-corrected chi connectivity index (χ2v) is 15.8. The fourth-order valence-electron chi connectivity index (χ4n) is 2.32. The fraction of sp³-hybridized carbons (Fsp3) is 1.00. The van der Waals surface area contributed by atoms with E-state index in [9.17, 15) is 20.4 Å². The highest BCUT2D eigenvalue weighted by molar-refractivity contribution is 8.08. The van der Waals surface area contributed by atoms with E-state index in [1.54, 1.807) is 47.0 Å². The first kappa shape index (κ1) is 37.1. The van der Waals surface area contributed by atoms with E-state index in [-0.39, 0.29) is 28.3 Å². The summed E-state index contributed by atoms with van der Waals surface area (Å²) in [5.74, 6) is 9.88. The molecular formula is C20H38Cl4O4S6. The van der Waals surface area contributed by atoms with Gasteiger partial charge in [-0.2, -0.15) is 70.6 Å². The maximum atomic E-state index is 9.91. The van der Waals surface area contributed by atoms with Crippen molar-refractivity contribution in [3.63, 3.8) is 0 Å². The van der Waals surface area contributed by atoms with Crippen LogP contribution in [0, 0.1) is 0 Å².